The number of benzene rings is 3. The molecule has 2 unspecified atom stereocenters. The fraction of sp³-hybridized carbons (Fsp3) is 0.479. The number of fused-ring (bicyclic) bond motifs is 1. The summed E-state index contributed by atoms with van der Waals surface area (Å²) in [5.41, 5.74) is 5.56. The van der Waals surface area contributed by atoms with Crippen molar-refractivity contribution in [3.05, 3.63) is 92.9 Å². The van der Waals surface area contributed by atoms with Crippen molar-refractivity contribution in [1.29, 1.82) is 0 Å². The number of ether oxygens (including phenoxy) is 1. The minimum Gasteiger partial charge on any atom is -0.444 e. The number of piperidine rings is 1. The maximum absolute atomic E-state index is 14.3. The highest BCUT2D eigenvalue weighted by Gasteiger charge is 2.45. The van der Waals surface area contributed by atoms with Gasteiger partial charge in [-0.1, -0.05) is 43.2 Å². The monoisotopic (exact) mass is 925 g/mol. The van der Waals surface area contributed by atoms with E-state index in [0.717, 1.165) is 72.6 Å². The maximum atomic E-state index is 14.3. The van der Waals surface area contributed by atoms with Crippen molar-refractivity contribution in [2.75, 3.05) is 11.2 Å². The molecule has 4 heterocycles. The molecule has 66 heavy (non-hydrogen) atoms. The van der Waals surface area contributed by atoms with Crippen LogP contribution in [0.1, 0.15) is 106 Å². The Balaban J connectivity index is 0.986. The van der Waals surface area contributed by atoms with E-state index < -0.39 is 69.3 Å². The molecule has 0 saturated carbocycles. The predicted molar refractivity (Wildman–Crippen MR) is 246 cm³/mol. The first kappa shape index (κ1) is 47.7. The van der Waals surface area contributed by atoms with Crippen molar-refractivity contribution in [2.24, 2.45) is 7.05 Å². The lowest BCUT2D eigenvalue weighted by Gasteiger charge is -2.29. The number of aryl methyl sites for hydroxylation is 4. The van der Waals surface area contributed by atoms with Gasteiger partial charge in [-0.25, -0.2) is 18.0 Å². The Morgan fingerprint density at radius 2 is 1.52 bits per heavy atom. The molecule has 3 aliphatic rings. The zero-order valence-corrected chi connectivity index (χ0v) is 39.1. The summed E-state index contributed by atoms with van der Waals surface area (Å²) in [7, 11) is -1.68. The number of rotatable bonds is 15. The minimum atomic E-state index is -3.37. The lowest BCUT2D eigenvalue weighted by Crippen LogP contribution is -2.57. The van der Waals surface area contributed by atoms with Gasteiger partial charge in [0.25, 0.3) is 0 Å². The first-order valence-corrected chi connectivity index (χ1v) is 24.5. The highest BCUT2D eigenvalue weighted by atomic mass is 32.2. The molecule has 4 aromatic rings. The Kier molecular flexibility index (Phi) is 13.9. The second-order valence-corrected chi connectivity index (χ2v) is 20.7. The second kappa shape index (κ2) is 19.3. The highest BCUT2D eigenvalue weighted by Crippen LogP contribution is 2.40. The summed E-state index contributed by atoms with van der Waals surface area (Å²) < 4.78 is 32.2. The van der Waals surface area contributed by atoms with Crippen LogP contribution >= 0.6 is 0 Å². The molecule has 352 valence electrons. The standard InChI is InChI=1S/C48H59N7O10S/c1-28(42(57)49-27-30-13-17-34(18-14-30)66(6,63)64)50-44(59)39-26-33-24-31(23-32-16-19-35(45(60)55(39)41(32)33)51-46(61)65-48(2,3)4)12-10-8-7-9-11-29-15-20-36-38(25-29)53(5)47(62)54(36)37-21-22-40(56)52-43(37)58/h13-15,17-18,20,23-25,28,35,37,39H,7-12,16,19,21-22,26-27H2,1-6H3,(H,49,57)(H,50,59)(H,51,61)(H,52,56,58)/t28?,35-,37?,39-/m0/s1. The van der Waals surface area contributed by atoms with E-state index in [-0.39, 0.29) is 42.3 Å². The molecule has 3 aliphatic heterocycles. The van der Waals surface area contributed by atoms with Crippen LogP contribution in [-0.4, -0.2) is 83.2 Å². The van der Waals surface area contributed by atoms with Gasteiger partial charge in [-0.3, -0.25) is 43.3 Å². The van der Waals surface area contributed by atoms with Crippen LogP contribution in [0.2, 0.25) is 0 Å². The fourth-order valence-corrected chi connectivity index (χ4v) is 9.74. The summed E-state index contributed by atoms with van der Waals surface area (Å²) in [5.74, 6) is -2.21. The van der Waals surface area contributed by atoms with Crippen LogP contribution in [0.3, 0.4) is 0 Å². The van der Waals surface area contributed by atoms with Crippen LogP contribution in [-0.2, 0) is 77.8 Å². The number of sulfone groups is 1. The van der Waals surface area contributed by atoms with E-state index in [0.29, 0.717) is 29.6 Å². The Labute approximate surface area is 383 Å². The number of nitrogens with one attached hydrogen (secondary N) is 4. The van der Waals surface area contributed by atoms with E-state index in [1.807, 2.05) is 18.2 Å². The Morgan fingerprint density at radius 3 is 2.18 bits per heavy atom. The number of hydrogen-bond donors (Lipinski definition) is 4. The second-order valence-electron chi connectivity index (χ2n) is 18.7. The number of carbonyl (C=O) groups is 6. The summed E-state index contributed by atoms with van der Waals surface area (Å²) in [6, 6.07) is 12.5. The molecule has 1 fully saturated rings. The Morgan fingerprint density at radius 1 is 0.848 bits per heavy atom. The fourth-order valence-electron chi connectivity index (χ4n) is 9.11. The van der Waals surface area contributed by atoms with E-state index in [4.69, 9.17) is 4.74 Å². The molecule has 4 atom stereocenters. The molecule has 18 heteroatoms. The van der Waals surface area contributed by atoms with E-state index >= 15 is 0 Å². The van der Waals surface area contributed by atoms with E-state index in [1.54, 1.807) is 51.4 Å². The van der Waals surface area contributed by atoms with Gasteiger partial charge >= 0.3 is 11.8 Å². The zero-order valence-electron chi connectivity index (χ0n) is 38.3. The number of aromatic nitrogens is 2. The summed E-state index contributed by atoms with van der Waals surface area (Å²) in [6.07, 6.45) is 7.19. The minimum absolute atomic E-state index is 0.108. The molecule has 3 aromatic carbocycles. The van der Waals surface area contributed by atoms with Crippen LogP contribution in [0.15, 0.2) is 64.3 Å². The molecular weight excluding hydrogens is 867 g/mol. The molecule has 0 bridgehead atoms. The van der Waals surface area contributed by atoms with Gasteiger partial charge in [0, 0.05) is 32.7 Å². The quantitative estimate of drug-likeness (QED) is 0.0992. The van der Waals surface area contributed by atoms with Gasteiger partial charge in [0.15, 0.2) is 9.84 Å². The summed E-state index contributed by atoms with van der Waals surface area (Å²) >= 11 is 0. The topological polar surface area (TPSA) is 224 Å². The third-order valence-electron chi connectivity index (χ3n) is 12.5. The van der Waals surface area contributed by atoms with E-state index in [1.165, 1.54) is 21.6 Å². The molecular formula is C48H59N7O10S. The van der Waals surface area contributed by atoms with Crippen molar-refractivity contribution in [3.8, 4) is 0 Å². The lowest BCUT2D eigenvalue weighted by molar-refractivity contribution is -0.135. The molecule has 6 amide bonds. The molecule has 4 N–H and O–H groups in total. The zero-order chi connectivity index (χ0) is 47.7. The molecule has 0 spiro atoms. The number of hydrogen-bond acceptors (Lipinski definition) is 10. The first-order valence-electron chi connectivity index (χ1n) is 22.6. The third kappa shape index (κ3) is 10.7. The van der Waals surface area contributed by atoms with Crippen LogP contribution in [0.4, 0.5) is 10.5 Å². The number of amides is 6. The lowest BCUT2D eigenvalue weighted by atomic mass is 9.95. The molecule has 7 rings (SSSR count). The Hall–Kier alpha value is -6.30. The number of imide groups is 1. The number of nitrogens with zero attached hydrogens (tertiary/aromatic N) is 3. The van der Waals surface area contributed by atoms with Crippen molar-refractivity contribution in [2.45, 2.75) is 140 Å². The number of imidazole rings is 1. The summed E-state index contributed by atoms with van der Waals surface area (Å²) in [4.78, 5) is 93.6. The average molecular weight is 926 g/mol. The molecule has 0 aliphatic carbocycles. The predicted octanol–water partition coefficient (Wildman–Crippen LogP) is 3.99. The normalized spacial score (nSPS) is 18.9. The van der Waals surface area contributed by atoms with Gasteiger partial charge < -0.3 is 20.7 Å². The van der Waals surface area contributed by atoms with E-state index in [2.05, 4.69) is 33.4 Å². The van der Waals surface area contributed by atoms with Gasteiger partial charge in [0.2, 0.25) is 29.5 Å². The molecule has 17 nitrogen and oxygen atoms in total. The van der Waals surface area contributed by atoms with Crippen molar-refractivity contribution in [1.82, 2.24) is 30.4 Å². The van der Waals surface area contributed by atoms with Gasteiger partial charge in [0.05, 0.1) is 21.6 Å². The number of alkyl carbamates (subject to hydrolysis) is 1. The largest absolute Gasteiger partial charge is 0.444 e. The van der Waals surface area contributed by atoms with Crippen LogP contribution in [0.5, 0.6) is 0 Å². The third-order valence-corrected chi connectivity index (χ3v) is 13.6. The van der Waals surface area contributed by atoms with Crippen molar-refractivity contribution >= 4 is 62.2 Å². The molecule has 0 radical (unpaired) electrons. The number of anilines is 1. The molecule has 1 aromatic heterocycles. The van der Waals surface area contributed by atoms with E-state index in [9.17, 15) is 42.0 Å². The highest BCUT2D eigenvalue weighted by molar-refractivity contribution is 7.90. The van der Waals surface area contributed by atoms with Gasteiger partial charge in [-0.15, -0.1) is 0 Å². The summed E-state index contributed by atoms with van der Waals surface area (Å²) in [5, 5.41) is 10.7. The maximum Gasteiger partial charge on any atom is 0.408 e. The first-order chi connectivity index (χ1) is 31.2. The van der Waals surface area contributed by atoms with Crippen LogP contribution < -0.4 is 31.9 Å². The number of carbonyl (C=O) groups excluding carboxylic acids is 6. The van der Waals surface area contributed by atoms with Gasteiger partial charge in [0.1, 0.15) is 29.8 Å². The van der Waals surface area contributed by atoms with Crippen LogP contribution in [0, 0.1) is 0 Å². The summed E-state index contributed by atoms with van der Waals surface area (Å²) in [6.45, 7) is 6.86. The van der Waals surface area contributed by atoms with Gasteiger partial charge in [-0.05, 0) is 125 Å². The van der Waals surface area contributed by atoms with Crippen molar-refractivity contribution < 1.29 is 41.9 Å². The Bertz CT molecular complexity index is 2750. The molecule has 1 saturated heterocycles. The van der Waals surface area contributed by atoms with Crippen molar-refractivity contribution in [3.63, 3.8) is 0 Å². The van der Waals surface area contributed by atoms with Crippen LogP contribution in [0.25, 0.3) is 11.0 Å². The van der Waals surface area contributed by atoms with Gasteiger partial charge in [-0.2, -0.15) is 0 Å². The smallest absolute Gasteiger partial charge is 0.408 e. The average Bonchev–Trinajstić information content (AvgIpc) is 3.71. The SMILES string of the molecule is CC(NC(=O)[C@@H]1Cc2cc(CCCCCCc3ccc4c(c3)n(C)c(=O)n4C3CCC(=O)NC3=O)cc3c2N1C(=O)[C@@H](NC(=O)OC(C)(C)C)CC3)C(=O)NCc1ccc(S(C)(=O)=O)cc1. The number of unbranched alkanes of at least 4 members (excludes halogenated alkanes) is 3.